The Balaban J connectivity index is 1.66. The molecule has 2 fully saturated rings. The molecule has 0 unspecified atom stereocenters. The largest absolute Gasteiger partial charge is 0.334 e. The maximum atomic E-state index is 12.7. The van der Waals surface area contributed by atoms with Crippen molar-refractivity contribution in [3.8, 4) is 0 Å². The number of thioether (sulfide) groups is 1. The van der Waals surface area contributed by atoms with Crippen LogP contribution in [0.1, 0.15) is 36.0 Å². The Morgan fingerprint density at radius 2 is 1.86 bits per heavy atom. The number of amides is 1. The van der Waals surface area contributed by atoms with Crippen molar-refractivity contribution in [1.82, 2.24) is 9.80 Å². The lowest BCUT2D eigenvalue weighted by atomic mass is 10.1. The van der Waals surface area contributed by atoms with E-state index in [1.807, 2.05) is 24.3 Å². The Hall–Kier alpha value is -1.00. The molecule has 2 saturated heterocycles. The average Bonchev–Trinajstić information content (AvgIpc) is 3.19. The van der Waals surface area contributed by atoms with Crippen molar-refractivity contribution in [3.63, 3.8) is 0 Å². The molecule has 3 rings (SSSR count). The van der Waals surface area contributed by atoms with Crippen LogP contribution in [0.25, 0.3) is 0 Å². The number of hydrogen-bond donors (Lipinski definition) is 0. The Bertz CT molecular complexity index is 482. The van der Waals surface area contributed by atoms with Gasteiger partial charge in [0, 0.05) is 29.6 Å². The molecule has 0 aliphatic carbocycles. The summed E-state index contributed by atoms with van der Waals surface area (Å²) in [4.78, 5) is 18.6. The number of hydrogen-bond acceptors (Lipinski definition) is 3. The molecule has 3 nitrogen and oxygen atoms in total. The van der Waals surface area contributed by atoms with Gasteiger partial charge in [0.05, 0.1) is 0 Å². The predicted octanol–water partition coefficient (Wildman–Crippen LogP) is 3.11. The summed E-state index contributed by atoms with van der Waals surface area (Å²) in [6, 6.07) is 8.45. The van der Waals surface area contributed by atoms with Crippen LogP contribution in [0.2, 0.25) is 0 Å². The first-order valence-electron chi connectivity index (χ1n) is 7.95. The van der Waals surface area contributed by atoms with Crippen molar-refractivity contribution in [1.29, 1.82) is 0 Å². The number of benzene rings is 1. The third-order valence-electron chi connectivity index (χ3n) is 4.64. The van der Waals surface area contributed by atoms with Crippen molar-refractivity contribution in [2.45, 2.75) is 36.6 Å². The molecule has 114 valence electrons. The molecular weight excluding hydrogens is 280 g/mol. The van der Waals surface area contributed by atoms with E-state index in [0.717, 1.165) is 31.5 Å². The van der Waals surface area contributed by atoms with Crippen LogP contribution in [-0.2, 0) is 0 Å². The molecule has 2 aliphatic heterocycles. The highest BCUT2D eigenvalue weighted by molar-refractivity contribution is 7.98. The van der Waals surface area contributed by atoms with E-state index in [1.165, 1.54) is 30.8 Å². The zero-order chi connectivity index (χ0) is 14.7. The van der Waals surface area contributed by atoms with Gasteiger partial charge in [-0.15, -0.1) is 11.8 Å². The normalized spacial score (nSPS) is 22.9. The molecule has 0 saturated carbocycles. The van der Waals surface area contributed by atoms with Gasteiger partial charge in [0.2, 0.25) is 0 Å². The van der Waals surface area contributed by atoms with E-state index < -0.39 is 0 Å². The number of carbonyl (C=O) groups excluding carboxylic acids is 1. The van der Waals surface area contributed by atoms with E-state index in [2.05, 4.69) is 16.1 Å². The van der Waals surface area contributed by atoms with E-state index in [4.69, 9.17) is 0 Å². The first-order valence-corrected chi connectivity index (χ1v) is 9.18. The van der Waals surface area contributed by atoms with E-state index in [-0.39, 0.29) is 5.91 Å². The van der Waals surface area contributed by atoms with E-state index in [0.29, 0.717) is 6.04 Å². The molecule has 21 heavy (non-hydrogen) atoms. The molecular formula is C17H24N2OS. The molecule has 2 heterocycles. The third-order valence-corrected chi connectivity index (χ3v) is 5.39. The zero-order valence-electron chi connectivity index (χ0n) is 12.8. The van der Waals surface area contributed by atoms with Crippen molar-refractivity contribution >= 4 is 17.7 Å². The molecule has 0 bridgehead atoms. The fourth-order valence-corrected chi connectivity index (χ4v) is 3.86. The van der Waals surface area contributed by atoms with Crippen LogP contribution in [0.15, 0.2) is 29.2 Å². The van der Waals surface area contributed by atoms with Gasteiger partial charge in [-0.1, -0.05) is 0 Å². The number of likely N-dealkylation sites (tertiary alicyclic amines) is 2. The van der Waals surface area contributed by atoms with Crippen LogP contribution < -0.4 is 0 Å². The van der Waals surface area contributed by atoms with Crippen LogP contribution in [0.5, 0.6) is 0 Å². The average molecular weight is 304 g/mol. The fraction of sp³-hybridized carbons (Fsp3) is 0.588. The Kier molecular flexibility index (Phi) is 4.86. The van der Waals surface area contributed by atoms with E-state index in [1.54, 1.807) is 11.8 Å². The lowest BCUT2D eigenvalue weighted by Crippen LogP contribution is -2.42. The summed E-state index contributed by atoms with van der Waals surface area (Å²) >= 11 is 1.71. The molecule has 0 spiro atoms. The summed E-state index contributed by atoms with van der Waals surface area (Å²) in [6.45, 7) is 4.40. The monoisotopic (exact) mass is 304 g/mol. The van der Waals surface area contributed by atoms with Crippen molar-refractivity contribution < 1.29 is 4.79 Å². The smallest absolute Gasteiger partial charge is 0.254 e. The Labute approximate surface area is 131 Å². The van der Waals surface area contributed by atoms with Gasteiger partial charge in [0.1, 0.15) is 0 Å². The van der Waals surface area contributed by atoms with E-state index >= 15 is 0 Å². The summed E-state index contributed by atoms with van der Waals surface area (Å²) in [6.07, 6.45) is 7.00. The van der Waals surface area contributed by atoms with Crippen LogP contribution in [0.4, 0.5) is 0 Å². The van der Waals surface area contributed by atoms with Gasteiger partial charge < -0.3 is 9.80 Å². The summed E-state index contributed by atoms with van der Waals surface area (Å²) in [5.41, 5.74) is 0.834. The topological polar surface area (TPSA) is 23.6 Å². The maximum Gasteiger partial charge on any atom is 0.254 e. The Morgan fingerprint density at radius 1 is 1.14 bits per heavy atom. The highest BCUT2D eigenvalue weighted by Gasteiger charge is 2.31. The molecule has 4 heteroatoms. The highest BCUT2D eigenvalue weighted by Crippen LogP contribution is 2.23. The molecule has 0 aromatic heterocycles. The van der Waals surface area contributed by atoms with Gasteiger partial charge in [-0.05, 0) is 69.3 Å². The maximum absolute atomic E-state index is 12.7. The van der Waals surface area contributed by atoms with Gasteiger partial charge in [-0.25, -0.2) is 0 Å². The molecule has 0 radical (unpaired) electrons. The number of rotatable bonds is 4. The first-order chi connectivity index (χ1) is 10.3. The first kappa shape index (κ1) is 14.9. The second-order valence-electron chi connectivity index (χ2n) is 6.03. The highest BCUT2D eigenvalue weighted by atomic mass is 32.2. The molecule has 2 aliphatic rings. The van der Waals surface area contributed by atoms with Crippen molar-refractivity contribution in [3.05, 3.63) is 29.8 Å². The number of nitrogens with zero attached hydrogens (tertiary/aromatic N) is 2. The quantitative estimate of drug-likeness (QED) is 0.799. The standard InChI is InChI=1S/C17H24N2OS/c1-21-16-8-6-14(7-9-16)17(20)19-12-4-5-15(19)13-18-10-2-3-11-18/h6-9,15H,2-5,10-13H2,1H3/t15-/m0/s1. The van der Waals surface area contributed by atoms with E-state index in [9.17, 15) is 4.79 Å². The van der Waals surface area contributed by atoms with Crippen LogP contribution in [0, 0.1) is 0 Å². The second-order valence-corrected chi connectivity index (χ2v) is 6.91. The molecule has 1 atom stereocenters. The van der Waals surface area contributed by atoms with Gasteiger partial charge in [0.15, 0.2) is 0 Å². The Morgan fingerprint density at radius 3 is 2.52 bits per heavy atom. The molecule has 1 amide bonds. The van der Waals surface area contributed by atoms with Gasteiger partial charge in [-0.2, -0.15) is 0 Å². The van der Waals surface area contributed by atoms with Crippen molar-refractivity contribution in [2.24, 2.45) is 0 Å². The van der Waals surface area contributed by atoms with Gasteiger partial charge in [-0.3, -0.25) is 4.79 Å². The van der Waals surface area contributed by atoms with Crippen molar-refractivity contribution in [2.75, 3.05) is 32.4 Å². The molecule has 1 aromatic rings. The fourth-order valence-electron chi connectivity index (χ4n) is 3.46. The zero-order valence-corrected chi connectivity index (χ0v) is 13.6. The van der Waals surface area contributed by atoms with Crippen LogP contribution in [0.3, 0.4) is 0 Å². The van der Waals surface area contributed by atoms with Gasteiger partial charge in [0.25, 0.3) is 5.91 Å². The van der Waals surface area contributed by atoms with Crippen LogP contribution in [-0.4, -0.2) is 54.2 Å². The summed E-state index contributed by atoms with van der Waals surface area (Å²) in [5.74, 6) is 0.212. The molecule has 1 aromatic carbocycles. The lowest BCUT2D eigenvalue weighted by molar-refractivity contribution is 0.0708. The minimum atomic E-state index is 0.212. The summed E-state index contributed by atoms with van der Waals surface area (Å²) in [5, 5.41) is 0. The summed E-state index contributed by atoms with van der Waals surface area (Å²) in [7, 11) is 0. The SMILES string of the molecule is CSc1ccc(C(=O)N2CCC[C@H]2CN2CCCC2)cc1. The third kappa shape index (κ3) is 3.43. The minimum absolute atomic E-state index is 0.212. The summed E-state index contributed by atoms with van der Waals surface area (Å²) < 4.78 is 0. The molecule has 0 N–H and O–H groups in total. The minimum Gasteiger partial charge on any atom is -0.334 e. The predicted molar refractivity (Wildman–Crippen MR) is 88.0 cm³/mol. The number of carbonyl (C=O) groups is 1. The van der Waals surface area contributed by atoms with Crippen LogP contribution >= 0.6 is 11.8 Å². The second kappa shape index (κ2) is 6.84. The lowest BCUT2D eigenvalue weighted by Gasteiger charge is -2.28. The van der Waals surface area contributed by atoms with Gasteiger partial charge >= 0.3 is 0 Å².